The summed E-state index contributed by atoms with van der Waals surface area (Å²) in [5.74, 6) is 0. The van der Waals surface area contributed by atoms with Crippen LogP contribution in [0.5, 0.6) is 0 Å². The van der Waals surface area contributed by atoms with E-state index in [1.165, 1.54) is 11.1 Å². The average Bonchev–Trinajstić information content (AvgIpc) is 2.30. The van der Waals surface area contributed by atoms with Crippen LogP contribution < -0.4 is 5.32 Å². The van der Waals surface area contributed by atoms with Gasteiger partial charge in [-0.15, -0.1) is 0 Å². The maximum atomic E-state index is 3.47. The summed E-state index contributed by atoms with van der Waals surface area (Å²) in [6.07, 6.45) is 0. The highest BCUT2D eigenvalue weighted by Gasteiger charge is 2.05. The second-order valence-electron chi connectivity index (χ2n) is 4.90. The highest BCUT2D eigenvalue weighted by atomic mass is 15.1. The van der Waals surface area contributed by atoms with Gasteiger partial charge in [0, 0.05) is 25.7 Å². The van der Waals surface area contributed by atoms with Crippen LogP contribution in [0.15, 0.2) is 24.3 Å². The molecule has 1 N–H and O–H groups in total. The van der Waals surface area contributed by atoms with Gasteiger partial charge in [0.05, 0.1) is 0 Å². The van der Waals surface area contributed by atoms with Crippen LogP contribution >= 0.6 is 0 Å². The SMILES string of the molecule is CCN(CCNC(C)C)Cc1ccccc1C. The number of benzene rings is 1. The maximum Gasteiger partial charge on any atom is 0.0236 e. The molecule has 0 saturated heterocycles. The van der Waals surface area contributed by atoms with Crippen molar-refractivity contribution in [2.45, 2.75) is 40.3 Å². The van der Waals surface area contributed by atoms with Crippen molar-refractivity contribution in [3.05, 3.63) is 35.4 Å². The summed E-state index contributed by atoms with van der Waals surface area (Å²) >= 11 is 0. The van der Waals surface area contributed by atoms with Crippen molar-refractivity contribution in [1.82, 2.24) is 10.2 Å². The van der Waals surface area contributed by atoms with E-state index in [4.69, 9.17) is 0 Å². The molecule has 0 unspecified atom stereocenters. The van der Waals surface area contributed by atoms with Gasteiger partial charge in [-0.25, -0.2) is 0 Å². The van der Waals surface area contributed by atoms with Gasteiger partial charge in [0.1, 0.15) is 0 Å². The normalized spacial score (nSPS) is 11.4. The Bertz CT molecular complexity index is 320. The highest BCUT2D eigenvalue weighted by Crippen LogP contribution is 2.09. The molecular formula is C15H26N2. The lowest BCUT2D eigenvalue weighted by atomic mass is 10.1. The molecule has 0 aromatic heterocycles. The van der Waals surface area contributed by atoms with Gasteiger partial charge in [-0.2, -0.15) is 0 Å². The monoisotopic (exact) mass is 234 g/mol. The maximum absolute atomic E-state index is 3.47. The number of hydrogen-bond acceptors (Lipinski definition) is 2. The molecule has 96 valence electrons. The first-order valence-corrected chi connectivity index (χ1v) is 6.63. The molecule has 1 aromatic carbocycles. The third-order valence-electron chi connectivity index (χ3n) is 3.08. The lowest BCUT2D eigenvalue weighted by Crippen LogP contribution is -2.34. The first-order valence-electron chi connectivity index (χ1n) is 6.63. The van der Waals surface area contributed by atoms with E-state index in [1.54, 1.807) is 0 Å². The minimum atomic E-state index is 0.576. The van der Waals surface area contributed by atoms with E-state index < -0.39 is 0 Å². The lowest BCUT2D eigenvalue weighted by Gasteiger charge is -2.22. The molecule has 0 bridgehead atoms. The van der Waals surface area contributed by atoms with E-state index in [9.17, 15) is 0 Å². The van der Waals surface area contributed by atoms with Gasteiger partial charge in [0.2, 0.25) is 0 Å². The molecule has 0 saturated carbocycles. The predicted octanol–water partition coefficient (Wildman–Crippen LogP) is 2.81. The third-order valence-corrected chi connectivity index (χ3v) is 3.08. The molecule has 0 atom stereocenters. The number of hydrogen-bond donors (Lipinski definition) is 1. The predicted molar refractivity (Wildman–Crippen MR) is 75.3 cm³/mol. The van der Waals surface area contributed by atoms with Gasteiger partial charge < -0.3 is 5.32 Å². The second-order valence-corrected chi connectivity index (χ2v) is 4.90. The van der Waals surface area contributed by atoms with Crippen LogP contribution in [0.2, 0.25) is 0 Å². The van der Waals surface area contributed by atoms with Gasteiger partial charge >= 0.3 is 0 Å². The van der Waals surface area contributed by atoms with Crippen molar-refractivity contribution in [1.29, 1.82) is 0 Å². The summed E-state index contributed by atoms with van der Waals surface area (Å²) in [6, 6.07) is 9.23. The van der Waals surface area contributed by atoms with Crippen LogP contribution in [0.1, 0.15) is 31.9 Å². The van der Waals surface area contributed by atoms with Gasteiger partial charge in [0.15, 0.2) is 0 Å². The molecule has 1 aromatic rings. The molecule has 0 aliphatic rings. The van der Waals surface area contributed by atoms with Crippen LogP contribution in [0, 0.1) is 6.92 Å². The molecular weight excluding hydrogens is 208 g/mol. The number of rotatable bonds is 7. The van der Waals surface area contributed by atoms with Crippen molar-refractivity contribution in [2.75, 3.05) is 19.6 Å². The third kappa shape index (κ3) is 5.33. The zero-order valence-corrected chi connectivity index (χ0v) is 11.7. The molecule has 17 heavy (non-hydrogen) atoms. The average molecular weight is 234 g/mol. The zero-order chi connectivity index (χ0) is 12.7. The Morgan fingerprint density at radius 3 is 2.53 bits per heavy atom. The Morgan fingerprint density at radius 1 is 1.24 bits per heavy atom. The summed E-state index contributed by atoms with van der Waals surface area (Å²) in [6.45, 7) is 13.1. The number of aryl methyl sites for hydroxylation is 1. The van der Waals surface area contributed by atoms with E-state index >= 15 is 0 Å². The van der Waals surface area contributed by atoms with Crippen LogP contribution in [0.3, 0.4) is 0 Å². The van der Waals surface area contributed by atoms with Crippen LogP contribution in [0.4, 0.5) is 0 Å². The molecule has 0 aliphatic carbocycles. The minimum Gasteiger partial charge on any atom is -0.313 e. The first kappa shape index (κ1) is 14.2. The minimum absolute atomic E-state index is 0.576. The molecule has 2 heteroatoms. The summed E-state index contributed by atoms with van der Waals surface area (Å²) in [7, 11) is 0. The van der Waals surface area contributed by atoms with Crippen molar-refractivity contribution in [2.24, 2.45) is 0 Å². The molecule has 1 rings (SSSR count). The fourth-order valence-corrected chi connectivity index (χ4v) is 1.89. The van der Waals surface area contributed by atoms with Crippen molar-refractivity contribution < 1.29 is 0 Å². The number of nitrogens with one attached hydrogen (secondary N) is 1. The Morgan fingerprint density at radius 2 is 1.94 bits per heavy atom. The fourth-order valence-electron chi connectivity index (χ4n) is 1.89. The van der Waals surface area contributed by atoms with Crippen molar-refractivity contribution in [3.8, 4) is 0 Å². The number of nitrogens with zero attached hydrogens (tertiary/aromatic N) is 1. The summed E-state index contributed by atoms with van der Waals surface area (Å²) < 4.78 is 0. The summed E-state index contributed by atoms with van der Waals surface area (Å²) in [5.41, 5.74) is 2.83. The first-order chi connectivity index (χ1) is 8.13. The van der Waals surface area contributed by atoms with Crippen LogP contribution in [-0.2, 0) is 6.54 Å². The van der Waals surface area contributed by atoms with Crippen molar-refractivity contribution in [3.63, 3.8) is 0 Å². The fraction of sp³-hybridized carbons (Fsp3) is 0.600. The number of likely N-dealkylation sites (N-methyl/N-ethyl adjacent to an activating group) is 1. The lowest BCUT2D eigenvalue weighted by molar-refractivity contribution is 0.275. The molecule has 0 amide bonds. The van der Waals surface area contributed by atoms with Gasteiger partial charge in [0.25, 0.3) is 0 Å². The molecule has 2 nitrogen and oxygen atoms in total. The van der Waals surface area contributed by atoms with E-state index in [0.29, 0.717) is 6.04 Å². The van der Waals surface area contributed by atoms with E-state index in [1.807, 2.05) is 0 Å². The van der Waals surface area contributed by atoms with Gasteiger partial charge in [-0.1, -0.05) is 45.0 Å². The Balaban J connectivity index is 2.44. The second kappa shape index (κ2) is 7.46. The zero-order valence-electron chi connectivity index (χ0n) is 11.7. The Hall–Kier alpha value is -0.860. The molecule has 0 radical (unpaired) electrons. The van der Waals surface area contributed by atoms with Crippen LogP contribution in [-0.4, -0.2) is 30.6 Å². The van der Waals surface area contributed by atoms with E-state index in [-0.39, 0.29) is 0 Å². The quantitative estimate of drug-likeness (QED) is 0.780. The van der Waals surface area contributed by atoms with E-state index in [0.717, 1.165) is 26.2 Å². The molecule has 0 aliphatic heterocycles. The smallest absolute Gasteiger partial charge is 0.0236 e. The summed E-state index contributed by atoms with van der Waals surface area (Å²) in [5, 5.41) is 3.47. The van der Waals surface area contributed by atoms with Gasteiger partial charge in [-0.3, -0.25) is 4.90 Å². The van der Waals surface area contributed by atoms with Crippen LogP contribution in [0.25, 0.3) is 0 Å². The Kier molecular flexibility index (Phi) is 6.23. The highest BCUT2D eigenvalue weighted by molar-refractivity contribution is 5.25. The van der Waals surface area contributed by atoms with Crippen molar-refractivity contribution >= 4 is 0 Å². The van der Waals surface area contributed by atoms with E-state index in [2.05, 4.69) is 62.2 Å². The molecule has 0 spiro atoms. The topological polar surface area (TPSA) is 15.3 Å². The summed E-state index contributed by atoms with van der Waals surface area (Å²) in [4.78, 5) is 2.48. The molecule has 0 heterocycles. The standard InChI is InChI=1S/C15H26N2/c1-5-17(11-10-16-13(2)3)12-15-9-7-6-8-14(15)4/h6-9,13,16H,5,10-12H2,1-4H3. The Labute approximate surface area is 106 Å². The molecule has 0 fully saturated rings. The largest absolute Gasteiger partial charge is 0.313 e. The van der Waals surface area contributed by atoms with Gasteiger partial charge in [-0.05, 0) is 24.6 Å².